The molecule has 0 aliphatic heterocycles. The van der Waals surface area contributed by atoms with Crippen molar-refractivity contribution in [1.29, 1.82) is 0 Å². The molecule has 0 N–H and O–H groups in total. The summed E-state index contributed by atoms with van der Waals surface area (Å²) in [6.45, 7) is 2.04. The Labute approximate surface area is 127 Å². The topological polar surface area (TPSA) is 17.1 Å². The number of rotatable bonds is 7. The maximum atomic E-state index is 12.0. The molecule has 0 bridgehead atoms. The third-order valence-corrected chi connectivity index (χ3v) is 3.56. The Balaban J connectivity index is 1.77. The van der Waals surface area contributed by atoms with E-state index >= 15 is 0 Å². The van der Waals surface area contributed by atoms with Crippen LogP contribution in [0.3, 0.4) is 0 Å². The quantitative estimate of drug-likeness (QED) is 0.667. The number of benzene rings is 2. The van der Waals surface area contributed by atoms with Gasteiger partial charge in [-0.3, -0.25) is 4.79 Å². The van der Waals surface area contributed by atoms with Crippen LogP contribution in [-0.2, 0) is 17.6 Å². The van der Waals surface area contributed by atoms with Gasteiger partial charge in [-0.05, 0) is 43.4 Å². The molecule has 0 saturated carbocycles. The minimum absolute atomic E-state index is 0.226. The van der Waals surface area contributed by atoms with Gasteiger partial charge in [0.25, 0.3) is 0 Å². The van der Waals surface area contributed by atoms with Crippen molar-refractivity contribution in [2.75, 3.05) is 0 Å². The van der Waals surface area contributed by atoms with Crippen molar-refractivity contribution >= 4 is 5.78 Å². The summed E-state index contributed by atoms with van der Waals surface area (Å²) in [5, 5.41) is 0. The fraction of sp³-hybridized carbons (Fsp3) is 0.250. The fourth-order valence-electron chi connectivity index (χ4n) is 2.32. The molecule has 1 heteroatoms. The van der Waals surface area contributed by atoms with Crippen molar-refractivity contribution in [3.05, 3.63) is 83.4 Å². The number of ketones is 1. The highest BCUT2D eigenvalue weighted by atomic mass is 16.1. The lowest BCUT2D eigenvalue weighted by Gasteiger charge is -2.03. The molecule has 1 nitrogen and oxygen atoms in total. The molecule has 0 atom stereocenters. The molecule has 21 heavy (non-hydrogen) atoms. The lowest BCUT2D eigenvalue weighted by atomic mass is 10.0. The molecule has 0 saturated heterocycles. The summed E-state index contributed by atoms with van der Waals surface area (Å²) >= 11 is 0. The molecule has 0 aromatic heterocycles. The average molecular weight is 278 g/mol. The molecule has 0 aliphatic rings. The minimum atomic E-state index is 0.226. The Morgan fingerprint density at radius 3 is 1.81 bits per heavy atom. The monoisotopic (exact) mass is 278 g/mol. The van der Waals surface area contributed by atoms with Crippen LogP contribution in [0.15, 0.2) is 72.3 Å². The van der Waals surface area contributed by atoms with E-state index in [4.69, 9.17) is 0 Å². The van der Waals surface area contributed by atoms with E-state index in [1.54, 1.807) is 0 Å². The highest BCUT2D eigenvalue weighted by Crippen LogP contribution is 2.10. The minimum Gasteiger partial charge on any atom is -0.295 e. The molecule has 0 unspecified atom stereocenters. The van der Waals surface area contributed by atoms with Crippen molar-refractivity contribution in [3.8, 4) is 0 Å². The predicted octanol–water partition coefficient (Wildman–Crippen LogP) is 4.77. The van der Waals surface area contributed by atoms with Crippen LogP contribution in [-0.4, -0.2) is 5.78 Å². The normalized spacial score (nSPS) is 11.4. The standard InChI is InChI=1S/C20H22O/c1-17(12-13-18-8-4-2-5-9-18)16-20(21)15-14-19-10-6-3-7-11-19/h2-11,16H,12-15H2,1H3/b17-16+. The number of hydrogen-bond acceptors (Lipinski definition) is 1. The van der Waals surface area contributed by atoms with Crippen LogP contribution in [0.2, 0.25) is 0 Å². The molecule has 0 amide bonds. The van der Waals surface area contributed by atoms with E-state index < -0.39 is 0 Å². The molecule has 108 valence electrons. The number of aryl methyl sites for hydroxylation is 2. The Kier molecular flexibility index (Phi) is 5.96. The zero-order valence-electron chi connectivity index (χ0n) is 12.6. The SMILES string of the molecule is C/C(=C\C(=O)CCc1ccccc1)CCc1ccccc1. The van der Waals surface area contributed by atoms with Crippen molar-refractivity contribution in [1.82, 2.24) is 0 Å². The lowest BCUT2D eigenvalue weighted by molar-refractivity contribution is -0.114. The molecule has 0 fully saturated rings. The Hall–Kier alpha value is -2.15. The van der Waals surface area contributed by atoms with Crippen LogP contribution in [0.1, 0.15) is 30.9 Å². The zero-order valence-corrected chi connectivity index (χ0v) is 12.6. The van der Waals surface area contributed by atoms with E-state index in [2.05, 4.69) is 36.4 Å². The lowest BCUT2D eigenvalue weighted by Crippen LogP contribution is -1.98. The second-order valence-electron chi connectivity index (χ2n) is 5.43. The summed E-state index contributed by atoms with van der Waals surface area (Å²) in [4.78, 5) is 12.0. The molecule has 0 aliphatic carbocycles. The summed E-state index contributed by atoms with van der Waals surface area (Å²) in [5.74, 6) is 0.226. The Morgan fingerprint density at radius 2 is 1.29 bits per heavy atom. The van der Waals surface area contributed by atoms with Gasteiger partial charge in [0.1, 0.15) is 0 Å². The van der Waals surface area contributed by atoms with Gasteiger partial charge in [-0.2, -0.15) is 0 Å². The van der Waals surface area contributed by atoms with E-state index in [1.807, 2.05) is 37.3 Å². The first-order chi connectivity index (χ1) is 10.2. The number of carbonyl (C=O) groups excluding carboxylic acids is 1. The predicted molar refractivity (Wildman–Crippen MR) is 88.3 cm³/mol. The number of hydrogen-bond donors (Lipinski definition) is 0. The van der Waals surface area contributed by atoms with E-state index in [0.717, 1.165) is 24.8 Å². The van der Waals surface area contributed by atoms with Gasteiger partial charge in [-0.1, -0.05) is 66.2 Å². The molecular formula is C20H22O. The third-order valence-electron chi connectivity index (χ3n) is 3.56. The van der Waals surface area contributed by atoms with Crippen molar-refractivity contribution < 1.29 is 4.79 Å². The largest absolute Gasteiger partial charge is 0.295 e. The molecule has 0 spiro atoms. The van der Waals surface area contributed by atoms with E-state index in [9.17, 15) is 4.79 Å². The van der Waals surface area contributed by atoms with Gasteiger partial charge >= 0.3 is 0 Å². The van der Waals surface area contributed by atoms with Crippen molar-refractivity contribution in [2.24, 2.45) is 0 Å². The van der Waals surface area contributed by atoms with Crippen molar-refractivity contribution in [2.45, 2.75) is 32.6 Å². The average Bonchev–Trinajstić information content (AvgIpc) is 2.53. The first kappa shape index (κ1) is 15.2. The van der Waals surface area contributed by atoms with Gasteiger partial charge in [0.15, 0.2) is 5.78 Å². The molecule has 2 aromatic carbocycles. The third kappa shape index (κ3) is 5.78. The second-order valence-corrected chi connectivity index (χ2v) is 5.43. The van der Waals surface area contributed by atoms with Crippen LogP contribution in [0.5, 0.6) is 0 Å². The van der Waals surface area contributed by atoms with Gasteiger partial charge in [0.05, 0.1) is 0 Å². The Morgan fingerprint density at radius 1 is 0.810 bits per heavy atom. The summed E-state index contributed by atoms with van der Waals surface area (Å²) in [6, 6.07) is 20.6. The van der Waals surface area contributed by atoms with Crippen LogP contribution in [0.4, 0.5) is 0 Å². The maximum absolute atomic E-state index is 12.0. The first-order valence-corrected chi connectivity index (χ1v) is 7.52. The Bertz CT molecular complexity index is 582. The van der Waals surface area contributed by atoms with E-state index in [1.165, 1.54) is 11.1 Å². The molecule has 2 rings (SSSR count). The molecule has 2 aromatic rings. The van der Waals surface area contributed by atoms with Crippen LogP contribution in [0.25, 0.3) is 0 Å². The van der Waals surface area contributed by atoms with Gasteiger partial charge in [-0.15, -0.1) is 0 Å². The van der Waals surface area contributed by atoms with Gasteiger partial charge in [0, 0.05) is 6.42 Å². The van der Waals surface area contributed by atoms with E-state index in [-0.39, 0.29) is 5.78 Å². The van der Waals surface area contributed by atoms with Gasteiger partial charge in [-0.25, -0.2) is 0 Å². The number of allylic oxidation sites excluding steroid dienone is 2. The molecule has 0 heterocycles. The van der Waals surface area contributed by atoms with Crippen LogP contribution < -0.4 is 0 Å². The summed E-state index contributed by atoms with van der Waals surface area (Å²) in [7, 11) is 0. The molecular weight excluding hydrogens is 256 g/mol. The van der Waals surface area contributed by atoms with Crippen LogP contribution >= 0.6 is 0 Å². The van der Waals surface area contributed by atoms with E-state index in [0.29, 0.717) is 6.42 Å². The smallest absolute Gasteiger partial charge is 0.155 e. The van der Waals surface area contributed by atoms with Gasteiger partial charge in [0.2, 0.25) is 0 Å². The molecule has 0 radical (unpaired) electrons. The van der Waals surface area contributed by atoms with Crippen LogP contribution in [0, 0.1) is 0 Å². The summed E-state index contributed by atoms with van der Waals surface area (Å²) < 4.78 is 0. The highest BCUT2D eigenvalue weighted by molar-refractivity contribution is 5.90. The fourth-order valence-corrected chi connectivity index (χ4v) is 2.32. The number of carbonyl (C=O) groups is 1. The van der Waals surface area contributed by atoms with Crippen molar-refractivity contribution in [3.63, 3.8) is 0 Å². The summed E-state index contributed by atoms with van der Waals surface area (Å²) in [5.41, 5.74) is 3.71. The maximum Gasteiger partial charge on any atom is 0.155 e. The first-order valence-electron chi connectivity index (χ1n) is 7.52. The summed E-state index contributed by atoms with van der Waals surface area (Å²) in [6.07, 6.45) is 5.16. The second kappa shape index (κ2) is 8.21. The highest BCUT2D eigenvalue weighted by Gasteiger charge is 2.01. The zero-order chi connectivity index (χ0) is 14.9. The van der Waals surface area contributed by atoms with Gasteiger partial charge < -0.3 is 0 Å².